The number of methoxy groups -OCH3 is 1. The summed E-state index contributed by atoms with van der Waals surface area (Å²) in [4.78, 5) is 19.7. The zero-order valence-electron chi connectivity index (χ0n) is 19.4. The number of halogens is 1. The van der Waals surface area contributed by atoms with Crippen molar-refractivity contribution in [3.63, 3.8) is 0 Å². The second-order valence-corrected chi connectivity index (χ2v) is 10.8. The molecule has 1 aliphatic heterocycles. The van der Waals surface area contributed by atoms with Gasteiger partial charge in [-0.1, -0.05) is 81.4 Å². The van der Waals surface area contributed by atoms with Crippen molar-refractivity contribution in [2.24, 2.45) is 4.99 Å². The number of hydrogen-bond donors (Lipinski definition) is 0. The Labute approximate surface area is 215 Å². The van der Waals surface area contributed by atoms with Crippen LogP contribution in [0.1, 0.15) is 40.3 Å². The third-order valence-electron chi connectivity index (χ3n) is 6.76. The molecule has 1 atom stereocenters. The van der Waals surface area contributed by atoms with Gasteiger partial charge in [-0.25, -0.2) is 4.99 Å². The van der Waals surface area contributed by atoms with Gasteiger partial charge in [0.05, 0.1) is 23.4 Å². The van der Waals surface area contributed by atoms with Gasteiger partial charge in [-0.15, -0.1) is 0 Å². The highest BCUT2D eigenvalue weighted by Crippen LogP contribution is 2.41. The average molecular weight is 543 g/mol. The second kappa shape index (κ2) is 8.77. The summed E-state index contributed by atoms with van der Waals surface area (Å²) in [7, 11) is 1.64. The molecular formula is C29H23BrN2O2S. The van der Waals surface area contributed by atoms with Crippen LogP contribution in [0.4, 0.5) is 0 Å². The predicted molar refractivity (Wildman–Crippen MR) is 145 cm³/mol. The highest BCUT2D eigenvalue weighted by atomic mass is 79.9. The molecule has 4 aromatic rings. The van der Waals surface area contributed by atoms with E-state index in [-0.39, 0.29) is 11.6 Å². The van der Waals surface area contributed by atoms with Gasteiger partial charge in [-0.05, 0) is 66.3 Å². The molecule has 1 aliphatic carbocycles. The molecule has 2 aliphatic rings. The van der Waals surface area contributed by atoms with E-state index in [1.54, 1.807) is 7.11 Å². The molecule has 0 bridgehead atoms. The Hall–Kier alpha value is -3.22. The summed E-state index contributed by atoms with van der Waals surface area (Å²) in [5.41, 5.74) is 7.94. The van der Waals surface area contributed by atoms with E-state index < -0.39 is 0 Å². The summed E-state index contributed by atoms with van der Waals surface area (Å²) in [6.07, 6.45) is 3.77. The van der Waals surface area contributed by atoms with Gasteiger partial charge in [0.2, 0.25) is 0 Å². The van der Waals surface area contributed by atoms with Gasteiger partial charge in [0.25, 0.3) is 5.56 Å². The maximum Gasteiger partial charge on any atom is 0.271 e. The summed E-state index contributed by atoms with van der Waals surface area (Å²) in [6.45, 7) is 2.09. The number of aromatic nitrogens is 1. The highest BCUT2D eigenvalue weighted by Gasteiger charge is 2.32. The number of thiazole rings is 1. The lowest BCUT2D eigenvalue weighted by Crippen LogP contribution is -2.38. The molecule has 0 saturated carbocycles. The van der Waals surface area contributed by atoms with Crippen LogP contribution in [0.2, 0.25) is 0 Å². The van der Waals surface area contributed by atoms with Gasteiger partial charge >= 0.3 is 0 Å². The molecule has 6 heteroatoms. The fraction of sp³-hybridized carbons (Fsp3) is 0.172. The van der Waals surface area contributed by atoms with Gasteiger partial charge in [0, 0.05) is 10.0 Å². The third-order valence-corrected chi connectivity index (χ3v) is 8.46. The highest BCUT2D eigenvalue weighted by molar-refractivity contribution is 9.10. The lowest BCUT2D eigenvalue weighted by atomic mass is 9.83. The Balaban J connectivity index is 1.62. The van der Waals surface area contributed by atoms with Crippen LogP contribution < -0.4 is 19.6 Å². The van der Waals surface area contributed by atoms with Crippen molar-refractivity contribution >= 4 is 39.0 Å². The Bertz CT molecular complexity index is 1680. The van der Waals surface area contributed by atoms with E-state index in [1.165, 1.54) is 33.6 Å². The summed E-state index contributed by atoms with van der Waals surface area (Å²) >= 11 is 5.06. The van der Waals surface area contributed by atoms with Gasteiger partial charge in [-0.2, -0.15) is 0 Å². The minimum absolute atomic E-state index is 0.0144. The van der Waals surface area contributed by atoms with Crippen LogP contribution >= 0.6 is 27.3 Å². The molecule has 6 rings (SSSR count). The zero-order valence-corrected chi connectivity index (χ0v) is 21.8. The molecule has 0 saturated heterocycles. The molecule has 0 spiro atoms. The zero-order chi connectivity index (χ0) is 24.1. The van der Waals surface area contributed by atoms with Crippen molar-refractivity contribution in [2.75, 3.05) is 7.11 Å². The summed E-state index contributed by atoms with van der Waals surface area (Å²) in [5, 5.41) is 0. The monoisotopic (exact) mass is 542 g/mol. The number of nitrogens with zero attached hydrogens (tertiary/aromatic N) is 2. The summed E-state index contributed by atoms with van der Waals surface area (Å²) in [6, 6.07) is 22.6. The van der Waals surface area contributed by atoms with Crippen LogP contribution in [-0.2, 0) is 6.42 Å². The largest absolute Gasteiger partial charge is 0.497 e. The van der Waals surface area contributed by atoms with E-state index in [2.05, 4.69) is 71.4 Å². The Kier molecular flexibility index (Phi) is 5.58. The first-order chi connectivity index (χ1) is 17.0. The van der Waals surface area contributed by atoms with E-state index in [9.17, 15) is 4.79 Å². The van der Waals surface area contributed by atoms with Crippen LogP contribution in [0.3, 0.4) is 0 Å². The van der Waals surface area contributed by atoms with Crippen molar-refractivity contribution in [1.82, 2.24) is 4.57 Å². The van der Waals surface area contributed by atoms with Crippen molar-refractivity contribution in [3.8, 4) is 5.75 Å². The quantitative estimate of drug-likeness (QED) is 0.348. The SMILES string of the molecule is COc1ccc(Br)c(C=c2sc3n(c2=O)C(c2ccc(C)cc2)C2=C(N=3)c3ccccc3CC2)c1. The number of aryl methyl sites for hydroxylation is 2. The summed E-state index contributed by atoms with van der Waals surface area (Å²) in [5.74, 6) is 0.747. The number of rotatable bonds is 3. The first-order valence-electron chi connectivity index (χ1n) is 11.6. The van der Waals surface area contributed by atoms with Crippen molar-refractivity contribution in [2.45, 2.75) is 25.8 Å². The molecule has 35 heavy (non-hydrogen) atoms. The predicted octanol–water partition coefficient (Wildman–Crippen LogP) is 5.40. The average Bonchev–Trinajstić information content (AvgIpc) is 3.19. The van der Waals surface area contributed by atoms with Crippen molar-refractivity contribution < 1.29 is 4.74 Å². The molecule has 0 amide bonds. The first-order valence-corrected chi connectivity index (χ1v) is 13.2. The molecule has 2 heterocycles. The van der Waals surface area contributed by atoms with Crippen LogP contribution in [0.25, 0.3) is 11.8 Å². The number of fused-ring (bicyclic) bond motifs is 3. The van der Waals surface area contributed by atoms with Crippen molar-refractivity contribution in [3.05, 3.63) is 124 Å². The van der Waals surface area contributed by atoms with E-state index in [4.69, 9.17) is 9.73 Å². The van der Waals surface area contributed by atoms with Gasteiger partial charge in [0.15, 0.2) is 4.80 Å². The molecule has 1 aromatic heterocycles. The first kappa shape index (κ1) is 22.3. The van der Waals surface area contributed by atoms with E-state index in [1.807, 2.05) is 28.8 Å². The standard InChI is InChI=1S/C29H23BrN2O2S/c1-17-7-9-19(10-8-17)27-23-13-11-18-5-3-4-6-22(18)26(23)31-29-32(27)28(33)25(35-29)16-20-15-21(34-2)12-14-24(20)30/h3-10,12,14-16,27H,11,13H2,1-2H3. The Morgan fingerprint density at radius 2 is 1.89 bits per heavy atom. The van der Waals surface area contributed by atoms with Gasteiger partial charge in [-0.3, -0.25) is 9.36 Å². The van der Waals surface area contributed by atoms with Gasteiger partial charge < -0.3 is 4.74 Å². The smallest absolute Gasteiger partial charge is 0.271 e. The van der Waals surface area contributed by atoms with Gasteiger partial charge in [0.1, 0.15) is 5.75 Å². The fourth-order valence-electron chi connectivity index (χ4n) is 4.97. The number of hydrogen-bond acceptors (Lipinski definition) is 4. The van der Waals surface area contributed by atoms with Crippen molar-refractivity contribution in [1.29, 1.82) is 0 Å². The van der Waals surface area contributed by atoms with Crippen LogP contribution in [0.15, 0.2) is 86.6 Å². The molecule has 3 aromatic carbocycles. The second-order valence-electron chi connectivity index (χ2n) is 8.91. The lowest BCUT2D eigenvalue weighted by Gasteiger charge is -2.30. The lowest BCUT2D eigenvalue weighted by molar-refractivity contribution is 0.414. The topological polar surface area (TPSA) is 43.6 Å². The molecule has 0 N–H and O–H groups in total. The maximum atomic E-state index is 13.9. The molecular weight excluding hydrogens is 520 g/mol. The third kappa shape index (κ3) is 3.81. The van der Waals surface area contributed by atoms with Crippen LogP contribution in [-0.4, -0.2) is 11.7 Å². The molecule has 0 fully saturated rings. The van der Waals surface area contributed by atoms with E-state index in [0.29, 0.717) is 4.53 Å². The molecule has 1 unspecified atom stereocenters. The summed E-state index contributed by atoms with van der Waals surface area (Å²) < 4.78 is 8.85. The Morgan fingerprint density at radius 1 is 1.09 bits per heavy atom. The number of benzene rings is 3. The molecule has 0 radical (unpaired) electrons. The maximum absolute atomic E-state index is 13.9. The number of ether oxygens (including phenoxy) is 1. The minimum Gasteiger partial charge on any atom is -0.497 e. The van der Waals surface area contributed by atoms with Crippen LogP contribution in [0.5, 0.6) is 5.75 Å². The Morgan fingerprint density at radius 3 is 2.69 bits per heavy atom. The number of allylic oxidation sites excluding steroid dienone is 1. The fourth-order valence-corrected chi connectivity index (χ4v) is 6.32. The normalized spacial score (nSPS) is 16.9. The van der Waals surface area contributed by atoms with Crippen LogP contribution in [0, 0.1) is 6.92 Å². The van der Waals surface area contributed by atoms with E-state index >= 15 is 0 Å². The molecule has 174 valence electrons. The van der Waals surface area contributed by atoms with E-state index in [0.717, 1.165) is 44.7 Å². The minimum atomic E-state index is -0.161. The molecule has 4 nitrogen and oxygen atoms in total.